The van der Waals surface area contributed by atoms with E-state index < -0.39 is 17.4 Å². The molecule has 0 aromatic heterocycles. The fraction of sp³-hybridized carbons (Fsp3) is 0.170. The Morgan fingerprint density at radius 1 is 0.556 bits per heavy atom. The first-order valence-corrected chi connectivity index (χ1v) is 21.4. The summed E-state index contributed by atoms with van der Waals surface area (Å²) in [7, 11) is 0. The molecule has 0 saturated carbocycles. The number of benzene rings is 6. The van der Waals surface area contributed by atoms with Gasteiger partial charge in [0.05, 0.1) is 16.8 Å². The van der Waals surface area contributed by atoms with E-state index in [4.69, 9.17) is 54.2 Å². The van der Waals surface area contributed by atoms with E-state index in [0.717, 1.165) is 78.1 Å². The highest BCUT2D eigenvalue weighted by molar-refractivity contribution is 7.80. The van der Waals surface area contributed by atoms with Crippen molar-refractivity contribution >= 4 is 60.0 Å². The van der Waals surface area contributed by atoms with Crippen molar-refractivity contribution in [1.29, 1.82) is 0 Å². The Morgan fingerprint density at radius 3 is 1.32 bits per heavy atom. The summed E-state index contributed by atoms with van der Waals surface area (Å²) in [6.07, 6.45) is 2.25. The third-order valence-electron chi connectivity index (χ3n) is 10.9. The van der Waals surface area contributed by atoms with E-state index in [0.29, 0.717) is 11.5 Å². The zero-order valence-electron chi connectivity index (χ0n) is 35.7. The zero-order chi connectivity index (χ0) is 44.7. The van der Waals surface area contributed by atoms with Gasteiger partial charge in [-0.2, -0.15) is 0 Å². The lowest BCUT2D eigenvalue weighted by molar-refractivity contribution is -0.139. The van der Waals surface area contributed by atoms with Crippen molar-refractivity contribution in [2.75, 3.05) is 26.4 Å². The summed E-state index contributed by atoms with van der Waals surface area (Å²) in [4.78, 5) is 34.2. The third kappa shape index (κ3) is 9.73. The van der Waals surface area contributed by atoms with Gasteiger partial charge in [0.2, 0.25) is 0 Å². The Bertz CT molecular complexity index is 2580. The zero-order valence-corrected chi connectivity index (χ0v) is 37.5. The van der Waals surface area contributed by atoms with Crippen LogP contribution in [0.5, 0.6) is 11.5 Å². The van der Waals surface area contributed by atoms with Crippen molar-refractivity contribution in [2.45, 2.75) is 42.9 Å². The van der Waals surface area contributed by atoms with E-state index in [-0.39, 0.29) is 26.4 Å². The lowest BCUT2D eigenvalue weighted by atomic mass is 9.67. The average molecular weight is 873 g/mol. The van der Waals surface area contributed by atoms with Gasteiger partial charge in [0, 0.05) is 33.4 Å². The molecule has 10 heteroatoms. The van der Waals surface area contributed by atoms with Crippen molar-refractivity contribution in [3.63, 3.8) is 0 Å². The van der Waals surface area contributed by atoms with Gasteiger partial charge in [0.25, 0.3) is 0 Å². The molecule has 0 heterocycles. The summed E-state index contributed by atoms with van der Waals surface area (Å²) < 4.78 is 21.4. The van der Waals surface area contributed by atoms with Gasteiger partial charge in [0.1, 0.15) is 37.9 Å². The molecule has 1 aliphatic rings. The smallest absolute Gasteiger partial charge is 0.330 e. The maximum Gasteiger partial charge on any atom is 0.330 e. The number of hydrogen-bond acceptors (Lipinski definition) is 10. The summed E-state index contributed by atoms with van der Waals surface area (Å²) in [6.45, 7) is 15.8. The Morgan fingerprint density at radius 2 is 0.952 bits per heavy atom. The second-order valence-corrected chi connectivity index (χ2v) is 16.1. The van der Waals surface area contributed by atoms with E-state index in [1.165, 1.54) is 22.3 Å². The Hall–Kier alpha value is -6.62. The fourth-order valence-electron chi connectivity index (χ4n) is 7.84. The van der Waals surface area contributed by atoms with Gasteiger partial charge in [0.15, 0.2) is 0 Å². The van der Waals surface area contributed by atoms with Gasteiger partial charge in [-0.1, -0.05) is 72.8 Å². The molecule has 0 amide bonds. The number of ether oxygens (including phenoxy) is 4. The monoisotopic (exact) mass is 872 g/mol. The molecule has 0 bridgehead atoms. The molecule has 0 atom stereocenters. The molecule has 0 unspecified atom stereocenters. The first-order chi connectivity index (χ1) is 30.4. The van der Waals surface area contributed by atoms with E-state index in [1.807, 2.05) is 74.5 Å². The van der Waals surface area contributed by atoms with E-state index in [2.05, 4.69) is 87.7 Å². The van der Waals surface area contributed by atoms with Crippen LogP contribution in [0.3, 0.4) is 0 Å². The van der Waals surface area contributed by atoms with Crippen LogP contribution in [0.1, 0.15) is 58.4 Å². The number of esters is 2. The molecule has 0 saturated heterocycles. The third-order valence-corrected chi connectivity index (χ3v) is 11.6. The Labute approximate surface area is 379 Å². The molecular formula is C53H48N2O6S2. The molecule has 1 aliphatic carbocycles. The van der Waals surface area contributed by atoms with Crippen LogP contribution in [-0.2, 0) is 24.5 Å². The highest BCUT2D eigenvalue weighted by atomic mass is 32.1. The molecule has 7 rings (SSSR count). The second-order valence-electron chi connectivity index (χ2n) is 15.1. The van der Waals surface area contributed by atoms with Gasteiger partial charge in [-0.25, -0.2) is 9.59 Å². The lowest BCUT2D eigenvalue weighted by Gasteiger charge is -2.35. The maximum atomic E-state index is 11.3. The first kappa shape index (κ1) is 44.4. The summed E-state index contributed by atoms with van der Waals surface area (Å²) in [5.41, 5.74) is 13.5. The lowest BCUT2D eigenvalue weighted by Crippen LogP contribution is -2.29. The van der Waals surface area contributed by atoms with Crippen molar-refractivity contribution in [3.05, 3.63) is 191 Å². The average Bonchev–Trinajstić information content (AvgIpc) is 3.56. The molecule has 0 spiro atoms. The van der Waals surface area contributed by atoms with Crippen LogP contribution in [0.25, 0.3) is 11.1 Å². The van der Waals surface area contributed by atoms with Crippen LogP contribution < -0.4 is 9.47 Å². The second kappa shape index (κ2) is 19.6. The first-order valence-electron chi connectivity index (χ1n) is 20.5. The highest BCUT2D eigenvalue weighted by Gasteiger charge is 2.46. The standard InChI is InChI=1S/C53H48N2O6S2/c1-7-51(56)60-27-25-58-41-17-11-37(12-18-41)35(5)54-47-23-15-39(31-49(47)62)53(45-29-33(3)9-21-43(45)44-22-10-34(4)30-46(44)53)40-16-24-48(50(63)32-40)55-36(6)38-13-19-42(20-14-38)59-26-28-61-52(57)8-2/h7-24,29-32,62-63H,1-2,25-28H2,3-6H3. The topological polar surface area (TPSA) is 95.8 Å². The normalized spacial score (nSPS) is 12.8. The van der Waals surface area contributed by atoms with Crippen LogP contribution in [-0.4, -0.2) is 49.8 Å². The van der Waals surface area contributed by atoms with Crippen LogP contribution in [0.15, 0.2) is 166 Å². The van der Waals surface area contributed by atoms with Crippen molar-refractivity contribution in [3.8, 4) is 22.6 Å². The quantitative estimate of drug-likeness (QED) is 0.0330. The van der Waals surface area contributed by atoms with Crippen molar-refractivity contribution in [2.24, 2.45) is 9.98 Å². The molecule has 0 N–H and O–H groups in total. The predicted octanol–water partition coefficient (Wildman–Crippen LogP) is 11.7. The van der Waals surface area contributed by atoms with Crippen LogP contribution in [0, 0.1) is 13.8 Å². The number of rotatable bonds is 16. The molecule has 6 aromatic carbocycles. The van der Waals surface area contributed by atoms with Crippen LogP contribution in [0.2, 0.25) is 0 Å². The van der Waals surface area contributed by atoms with E-state index in [9.17, 15) is 9.59 Å². The number of fused-ring (bicyclic) bond motifs is 3. The minimum Gasteiger partial charge on any atom is -0.490 e. The molecule has 6 aromatic rings. The molecule has 0 fully saturated rings. The minimum absolute atomic E-state index is 0.135. The number of thiol groups is 2. The van der Waals surface area contributed by atoms with Gasteiger partial charge in [-0.05, 0) is 145 Å². The Balaban J connectivity index is 1.22. The molecule has 318 valence electrons. The highest BCUT2D eigenvalue weighted by Crippen LogP contribution is 2.57. The van der Waals surface area contributed by atoms with E-state index >= 15 is 0 Å². The maximum absolute atomic E-state index is 11.3. The van der Waals surface area contributed by atoms with Gasteiger partial charge < -0.3 is 18.9 Å². The van der Waals surface area contributed by atoms with Crippen molar-refractivity contribution in [1.82, 2.24) is 0 Å². The molecular weight excluding hydrogens is 825 g/mol. The number of carbonyl (C=O) groups is 2. The number of aryl methyl sites for hydroxylation is 2. The largest absolute Gasteiger partial charge is 0.490 e. The predicted molar refractivity (Wildman–Crippen MR) is 258 cm³/mol. The minimum atomic E-state index is -0.702. The van der Waals surface area contributed by atoms with Crippen molar-refractivity contribution < 1.29 is 28.5 Å². The molecule has 63 heavy (non-hydrogen) atoms. The van der Waals surface area contributed by atoms with Crippen LogP contribution in [0.4, 0.5) is 11.4 Å². The molecule has 0 aliphatic heterocycles. The van der Waals surface area contributed by atoms with Gasteiger partial charge >= 0.3 is 11.9 Å². The van der Waals surface area contributed by atoms with Gasteiger partial charge in [-0.3, -0.25) is 9.98 Å². The molecule has 8 nitrogen and oxygen atoms in total. The molecule has 0 radical (unpaired) electrons. The summed E-state index contributed by atoms with van der Waals surface area (Å²) in [5, 5.41) is 0. The summed E-state index contributed by atoms with van der Waals surface area (Å²) in [6, 6.07) is 41.4. The number of hydrogen-bond donors (Lipinski definition) is 2. The Kier molecular flexibility index (Phi) is 13.8. The number of carbonyl (C=O) groups excluding carboxylic acids is 2. The number of nitrogens with zero attached hydrogens (tertiary/aromatic N) is 2. The van der Waals surface area contributed by atoms with Gasteiger partial charge in [-0.15, -0.1) is 25.3 Å². The SMILES string of the molecule is C=CC(=O)OCCOc1ccc(C(C)=Nc2ccc(C3(c4ccc(N=C(C)c5ccc(OCCOC(=O)C=C)cc5)c(S)c4)c4cc(C)ccc4-c4ccc(C)cc43)cc2S)cc1. The fourth-order valence-corrected chi connectivity index (χ4v) is 8.37. The van der Waals surface area contributed by atoms with Crippen LogP contribution >= 0.6 is 25.3 Å². The summed E-state index contributed by atoms with van der Waals surface area (Å²) in [5.74, 6) is 0.358. The number of aliphatic imine (C=N–C) groups is 2. The van der Waals surface area contributed by atoms with E-state index in [1.54, 1.807) is 0 Å². The summed E-state index contributed by atoms with van der Waals surface area (Å²) >= 11 is 10.2.